The first-order chi connectivity index (χ1) is 18.9. The van der Waals surface area contributed by atoms with Gasteiger partial charge in [-0.3, -0.25) is 14.4 Å². The van der Waals surface area contributed by atoms with Crippen LogP contribution in [0.15, 0.2) is 48.5 Å². The Hall–Kier alpha value is -3.88. The van der Waals surface area contributed by atoms with Crippen LogP contribution in [0.5, 0.6) is 0 Å². The lowest BCUT2D eigenvalue weighted by Crippen LogP contribution is -2.38. The highest BCUT2D eigenvalue weighted by molar-refractivity contribution is 5.82. The maximum atomic E-state index is 12.7. The van der Waals surface area contributed by atoms with Gasteiger partial charge in [-0.25, -0.2) is 4.79 Å². The van der Waals surface area contributed by atoms with Crippen LogP contribution in [0.2, 0.25) is 0 Å². The summed E-state index contributed by atoms with van der Waals surface area (Å²) in [5.41, 5.74) is 4.68. The molecular weight excluding hydrogens is 500 g/mol. The van der Waals surface area contributed by atoms with E-state index in [2.05, 4.69) is 29.6 Å². The van der Waals surface area contributed by atoms with Crippen LogP contribution in [0.4, 0.5) is 4.79 Å². The van der Waals surface area contributed by atoms with E-state index in [0.717, 1.165) is 11.1 Å². The van der Waals surface area contributed by atoms with E-state index in [-0.39, 0.29) is 57.6 Å². The Labute approximate surface area is 229 Å². The lowest BCUT2D eigenvalue weighted by Gasteiger charge is -2.21. The Balaban J connectivity index is 1.36. The summed E-state index contributed by atoms with van der Waals surface area (Å²) in [6.45, 7) is 4.47. The predicted octanol–water partition coefficient (Wildman–Crippen LogP) is 4.43. The molecule has 0 spiro atoms. The van der Waals surface area contributed by atoms with Crippen LogP contribution < -0.4 is 5.32 Å². The summed E-state index contributed by atoms with van der Waals surface area (Å²) < 4.78 is 15.4. The molecule has 1 aliphatic carbocycles. The van der Waals surface area contributed by atoms with Gasteiger partial charge < -0.3 is 24.4 Å². The first kappa shape index (κ1) is 29.7. The number of hydrogen-bond donors (Lipinski definition) is 1. The van der Waals surface area contributed by atoms with Gasteiger partial charge in [-0.05, 0) is 48.9 Å². The number of carbonyl (C=O) groups excluding carboxylic acids is 4. The first-order valence-electron chi connectivity index (χ1n) is 13.6. The highest BCUT2D eigenvalue weighted by Crippen LogP contribution is 2.44. The molecular formula is C30H38N2O7. The number of ether oxygens (including phenoxy) is 3. The van der Waals surface area contributed by atoms with Gasteiger partial charge >= 0.3 is 18.0 Å². The largest absolute Gasteiger partial charge is 0.466 e. The number of benzene rings is 2. The fourth-order valence-electron chi connectivity index (χ4n) is 4.69. The van der Waals surface area contributed by atoms with E-state index < -0.39 is 18.0 Å². The summed E-state index contributed by atoms with van der Waals surface area (Å²) in [7, 11) is 0. The normalized spacial score (nSPS) is 11.7. The van der Waals surface area contributed by atoms with Gasteiger partial charge in [0.05, 0.1) is 19.6 Å². The minimum absolute atomic E-state index is 0.00976. The van der Waals surface area contributed by atoms with Gasteiger partial charge in [0.25, 0.3) is 0 Å². The van der Waals surface area contributed by atoms with Gasteiger partial charge in [0.15, 0.2) is 0 Å². The number of alkyl carbamates (subject to hydrolysis) is 1. The standard InChI is InChI=1S/C30H38N2O7/c1-3-37-28(34)17-19-32(20-29(35)38-4-2)27(33)16-6-5-11-18-31-30(36)39-21-26-24-14-9-7-12-22(24)23-13-8-10-15-25(23)26/h7-10,12-15,26H,3-6,11,16-21H2,1-2H3,(H,31,36). The number of unbranched alkanes of at least 4 members (excludes halogenated alkanes) is 2. The van der Waals surface area contributed by atoms with E-state index in [1.54, 1.807) is 13.8 Å². The lowest BCUT2D eigenvalue weighted by atomic mass is 9.98. The molecule has 9 nitrogen and oxygen atoms in total. The fraction of sp³-hybridized carbons (Fsp3) is 0.467. The third-order valence-corrected chi connectivity index (χ3v) is 6.55. The van der Waals surface area contributed by atoms with Crippen LogP contribution in [0.25, 0.3) is 11.1 Å². The van der Waals surface area contributed by atoms with Crippen molar-refractivity contribution >= 4 is 23.9 Å². The van der Waals surface area contributed by atoms with Crippen molar-refractivity contribution < 1.29 is 33.4 Å². The van der Waals surface area contributed by atoms with Gasteiger partial charge in [-0.2, -0.15) is 0 Å². The van der Waals surface area contributed by atoms with Crippen molar-refractivity contribution in [3.63, 3.8) is 0 Å². The maximum Gasteiger partial charge on any atom is 0.407 e. The summed E-state index contributed by atoms with van der Waals surface area (Å²) in [5.74, 6) is -1.15. The van der Waals surface area contributed by atoms with E-state index in [1.807, 2.05) is 24.3 Å². The van der Waals surface area contributed by atoms with Crippen LogP contribution in [0.3, 0.4) is 0 Å². The molecule has 1 N–H and O–H groups in total. The SMILES string of the molecule is CCOC(=O)CCN(CC(=O)OCC)C(=O)CCCCCNC(=O)OCC1c2ccccc2-c2ccccc21. The van der Waals surface area contributed by atoms with Crippen molar-refractivity contribution in [2.75, 3.05) is 39.5 Å². The molecule has 0 bridgehead atoms. The Bertz CT molecular complexity index is 1090. The predicted molar refractivity (Wildman–Crippen MR) is 146 cm³/mol. The molecule has 1 aliphatic rings. The molecule has 2 aromatic rings. The second-order valence-corrected chi connectivity index (χ2v) is 9.24. The first-order valence-corrected chi connectivity index (χ1v) is 13.6. The average molecular weight is 539 g/mol. The summed E-state index contributed by atoms with van der Waals surface area (Å²) in [4.78, 5) is 49.9. The number of amides is 2. The van der Waals surface area contributed by atoms with Crippen LogP contribution in [0.1, 0.15) is 63.0 Å². The van der Waals surface area contributed by atoms with E-state index in [0.29, 0.717) is 25.8 Å². The zero-order valence-corrected chi connectivity index (χ0v) is 22.8. The number of nitrogens with one attached hydrogen (secondary N) is 1. The fourth-order valence-corrected chi connectivity index (χ4v) is 4.69. The Kier molecular flexibility index (Phi) is 11.8. The smallest absolute Gasteiger partial charge is 0.407 e. The van der Waals surface area contributed by atoms with Gasteiger partial charge in [0.2, 0.25) is 5.91 Å². The molecule has 2 amide bonds. The Morgan fingerprint density at radius 3 is 2.03 bits per heavy atom. The Morgan fingerprint density at radius 2 is 1.38 bits per heavy atom. The van der Waals surface area contributed by atoms with Crippen LogP contribution in [-0.2, 0) is 28.6 Å². The van der Waals surface area contributed by atoms with Crippen molar-refractivity contribution in [1.82, 2.24) is 10.2 Å². The summed E-state index contributed by atoms with van der Waals surface area (Å²) in [5, 5.41) is 2.78. The molecule has 0 saturated carbocycles. The van der Waals surface area contributed by atoms with Crippen molar-refractivity contribution in [2.24, 2.45) is 0 Å². The van der Waals surface area contributed by atoms with Gasteiger partial charge in [0.1, 0.15) is 13.2 Å². The zero-order chi connectivity index (χ0) is 28.0. The van der Waals surface area contributed by atoms with Crippen LogP contribution >= 0.6 is 0 Å². The highest BCUT2D eigenvalue weighted by atomic mass is 16.5. The molecule has 0 aromatic heterocycles. The molecule has 0 saturated heterocycles. The topological polar surface area (TPSA) is 111 Å². The molecule has 0 fully saturated rings. The molecule has 0 aliphatic heterocycles. The summed E-state index contributed by atoms with van der Waals surface area (Å²) in [6, 6.07) is 16.4. The highest BCUT2D eigenvalue weighted by Gasteiger charge is 2.29. The molecule has 0 unspecified atom stereocenters. The van der Waals surface area contributed by atoms with E-state index >= 15 is 0 Å². The summed E-state index contributed by atoms with van der Waals surface area (Å²) in [6.07, 6.45) is 1.76. The molecule has 2 aromatic carbocycles. The Morgan fingerprint density at radius 1 is 0.769 bits per heavy atom. The number of nitrogens with zero attached hydrogens (tertiary/aromatic N) is 1. The van der Waals surface area contributed by atoms with Gasteiger partial charge in [-0.15, -0.1) is 0 Å². The second-order valence-electron chi connectivity index (χ2n) is 9.24. The van der Waals surface area contributed by atoms with Crippen molar-refractivity contribution in [2.45, 2.75) is 51.9 Å². The molecule has 0 heterocycles. The number of carbonyl (C=O) groups is 4. The minimum Gasteiger partial charge on any atom is -0.466 e. The molecule has 9 heteroatoms. The molecule has 210 valence electrons. The minimum atomic E-state index is -0.512. The van der Waals surface area contributed by atoms with E-state index in [9.17, 15) is 19.2 Å². The average Bonchev–Trinajstić information content (AvgIpc) is 3.25. The zero-order valence-electron chi connectivity index (χ0n) is 22.8. The van der Waals surface area contributed by atoms with Crippen molar-refractivity contribution in [1.29, 1.82) is 0 Å². The monoisotopic (exact) mass is 538 g/mol. The quantitative estimate of drug-likeness (QED) is 0.203. The molecule has 39 heavy (non-hydrogen) atoms. The molecule has 0 radical (unpaired) electrons. The molecule has 0 atom stereocenters. The number of rotatable bonds is 15. The van der Waals surface area contributed by atoms with E-state index in [1.165, 1.54) is 16.0 Å². The van der Waals surface area contributed by atoms with Crippen LogP contribution in [0, 0.1) is 0 Å². The van der Waals surface area contributed by atoms with Gasteiger partial charge in [-0.1, -0.05) is 55.0 Å². The van der Waals surface area contributed by atoms with Crippen molar-refractivity contribution in [3.8, 4) is 11.1 Å². The number of esters is 2. The summed E-state index contributed by atoms with van der Waals surface area (Å²) >= 11 is 0. The number of fused-ring (bicyclic) bond motifs is 3. The third-order valence-electron chi connectivity index (χ3n) is 6.55. The second kappa shape index (κ2) is 15.5. The van der Waals surface area contributed by atoms with E-state index in [4.69, 9.17) is 14.2 Å². The maximum absolute atomic E-state index is 12.7. The van der Waals surface area contributed by atoms with Crippen molar-refractivity contribution in [3.05, 3.63) is 59.7 Å². The number of hydrogen-bond acceptors (Lipinski definition) is 7. The van der Waals surface area contributed by atoms with Gasteiger partial charge in [0, 0.05) is 25.4 Å². The van der Waals surface area contributed by atoms with Crippen LogP contribution in [-0.4, -0.2) is 68.3 Å². The third kappa shape index (κ3) is 8.84. The lowest BCUT2D eigenvalue weighted by molar-refractivity contribution is -0.150. The molecule has 3 rings (SSSR count).